The number of aromatic nitrogens is 2. The SMILES string of the molecule is Cc1c(C(=O)N(C)C2CCN(C)CC2)sc2ncnc(NCCCc3ccccc3)c12. The summed E-state index contributed by atoms with van der Waals surface area (Å²) in [7, 11) is 4.08. The van der Waals surface area contributed by atoms with Crippen molar-refractivity contribution in [2.24, 2.45) is 0 Å². The Labute approximate surface area is 188 Å². The molecule has 0 bridgehead atoms. The largest absolute Gasteiger partial charge is 0.369 e. The minimum absolute atomic E-state index is 0.102. The first-order valence-electron chi connectivity index (χ1n) is 11.0. The number of thiophene rings is 1. The predicted molar refractivity (Wildman–Crippen MR) is 128 cm³/mol. The summed E-state index contributed by atoms with van der Waals surface area (Å²) in [6.45, 7) is 4.93. The third-order valence-corrected chi connectivity index (χ3v) is 7.44. The number of carbonyl (C=O) groups is 1. The van der Waals surface area contributed by atoms with E-state index in [4.69, 9.17) is 0 Å². The average molecular weight is 438 g/mol. The predicted octanol–water partition coefficient (Wildman–Crippen LogP) is 4.21. The molecule has 0 unspecified atom stereocenters. The van der Waals surface area contributed by atoms with Gasteiger partial charge in [-0.3, -0.25) is 4.79 Å². The number of likely N-dealkylation sites (tertiary alicyclic amines) is 1. The Bertz CT molecular complexity index is 1030. The Balaban J connectivity index is 1.46. The molecule has 1 amide bonds. The number of rotatable bonds is 7. The fraction of sp³-hybridized carbons (Fsp3) is 0.458. The molecule has 3 heterocycles. The highest BCUT2D eigenvalue weighted by molar-refractivity contribution is 7.20. The first-order chi connectivity index (χ1) is 15.0. The van der Waals surface area contributed by atoms with Crippen LogP contribution in [0.5, 0.6) is 0 Å². The number of hydrogen-bond acceptors (Lipinski definition) is 6. The Morgan fingerprint density at radius 2 is 1.97 bits per heavy atom. The fourth-order valence-electron chi connectivity index (χ4n) is 4.26. The van der Waals surface area contributed by atoms with Gasteiger partial charge in [-0.15, -0.1) is 11.3 Å². The zero-order chi connectivity index (χ0) is 21.8. The molecule has 0 spiro atoms. The molecule has 2 aromatic heterocycles. The van der Waals surface area contributed by atoms with Crippen molar-refractivity contribution in [3.8, 4) is 0 Å². The summed E-state index contributed by atoms with van der Waals surface area (Å²) in [6.07, 6.45) is 5.68. The second-order valence-corrected chi connectivity index (χ2v) is 9.42. The maximum Gasteiger partial charge on any atom is 0.264 e. The van der Waals surface area contributed by atoms with Gasteiger partial charge in [0, 0.05) is 19.6 Å². The van der Waals surface area contributed by atoms with Crippen LogP contribution in [0.3, 0.4) is 0 Å². The van der Waals surface area contributed by atoms with Gasteiger partial charge < -0.3 is 15.1 Å². The van der Waals surface area contributed by atoms with Crippen molar-refractivity contribution >= 4 is 33.3 Å². The summed E-state index contributed by atoms with van der Waals surface area (Å²) in [6, 6.07) is 10.8. The summed E-state index contributed by atoms with van der Waals surface area (Å²) in [5, 5.41) is 4.45. The molecule has 1 saturated heterocycles. The molecule has 0 radical (unpaired) electrons. The van der Waals surface area contributed by atoms with Gasteiger partial charge in [0.1, 0.15) is 17.0 Å². The van der Waals surface area contributed by atoms with E-state index in [1.54, 1.807) is 6.33 Å². The highest BCUT2D eigenvalue weighted by Crippen LogP contribution is 2.34. The first-order valence-corrected chi connectivity index (χ1v) is 11.8. The second kappa shape index (κ2) is 9.75. The van der Waals surface area contributed by atoms with Crippen LogP contribution >= 0.6 is 11.3 Å². The third kappa shape index (κ3) is 4.88. The monoisotopic (exact) mass is 437 g/mol. The average Bonchev–Trinajstić information content (AvgIpc) is 3.14. The van der Waals surface area contributed by atoms with Gasteiger partial charge in [-0.2, -0.15) is 0 Å². The molecule has 0 atom stereocenters. The summed E-state index contributed by atoms with van der Waals surface area (Å²) < 4.78 is 0. The molecule has 6 nitrogen and oxygen atoms in total. The number of hydrogen-bond donors (Lipinski definition) is 1. The number of nitrogens with one attached hydrogen (secondary N) is 1. The zero-order valence-electron chi connectivity index (χ0n) is 18.6. The van der Waals surface area contributed by atoms with E-state index < -0.39 is 0 Å². The van der Waals surface area contributed by atoms with Crippen LogP contribution in [0.2, 0.25) is 0 Å². The van der Waals surface area contributed by atoms with Gasteiger partial charge >= 0.3 is 0 Å². The van der Waals surface area contributed by atoms with Crippen LogP contribution in [0.1, 0.15) is 40.1 Å². The van der Waals surface area contributed by atoms with Crippen LogP contribution in [0.15, 0.2) is 36.7 Å². The smallest absolute Gasteiger partial charge is 0.264 e. The number of piperidine rings is 1. The lowest BCUT2D eigenvalue weighted by Gasteiger charge is -2.35. The highest BCUT2D eigenvalue weighted by Gasteiger charge is 2.28. The molecule has 1 aliphatic heterocycles. The Hall–Kier alpha value is -2.51. The second-order valence-electron chi connectivity index (χ2n) is 8.43. The number of carbonyl (C=O) groups excluding carboxylic acids is 1. The summed E-state index contributed by atoms with van der Waals surface area (Å²) in [4.78, 5) is 28.1. The summed E-state index contributed by atoms with van der Waals surface area (Å²) in [5.74, 6) is 0.929. The van der Waals surface area contributed by atoms with Crippen molar-refractivity contribution in [3.05, 3.63) is 52.7 Å². The molecule has 1 N–H and O–H groups in total. The number of benzene rings is 1. The number of fused-ring (bicyclic) bond motifs is 1. The molecule has 164 valence electrons. The highest BCUT2D eigenvalue weighted by atomic mass is 32.1. The van der Waals surface area contributed by atoms with Crippen LogP contribution in [0.25, 0.3) is 10.2 Å². The normalized spacial score (nSPS) is 15.3. The van der Waals surface area contributed by atoms with Gasteiger partial charge in [0.05, 0.1) is 10.3 Å². The number of amides is 1. The van der Waals surface area contributed by atoms with E-state index in [-0.39, 0.29) is 5.91 Å². The maximum absolute atomic E-state index is 13.3. The molecule has 7 heteroatoms. The number of aryl methyl sites for hydroxylation is 2. The molecule has 0 aliphatic carbocycles. The van der Waals surface area contributed by atoms with Crippen LogP contribution in [-0.4, -0.2) is 65.4 Å². The lowest BCUT2D eigenvalue weighted by atomic mass is 10.0. The van der Waals surface area contributed by atoms with E-state index in [1.165, 1.54) is 16.9 Å². The van der Waals surface area contributed by atoms with E-state index in [0.29, 0.717) is 6.04 Å². The summed E-state index contributed by atoms with van der Waals surface area (Å²) in [5.41, 5.74) is 2.32. The van der Waals surface area contributed by atoms with Crippen LogP contribution in [0.4, 0.5) is 5.82 Å². The number of nitrogens with zero attached hydrogens (tertiary/aromatic N) is 4. The first kappa shape index (κ1) is 21.7. The van der Waals surface area contributed by atoms with E-state index in [1.807, 2.05) is 24.9 Å². The van der Waals surface area contributed by atoms with Gasteiger partial charge in [0.15, 0.2) is 0 Å². The molecule has 31 heavy (non-hydrogen) atoms. The van der Waals surface area contributed by atoms with Gasteiger partial charge in [0.2, 0.25) is 0 Å². The minimum atomic E-state index is 0.102. The number of anilines is 1. The van der Waals surface area contributed by atoms with E-state index >= 15 is 0 Å². The standard InChI is InChI=1S/C24H31N5OS/c1-17-20-22(25-13-7-10-18-8-5-4-6-9-18)26-16-27-23(20)31-21(17)24(30)29(3)19-11-14-28(2)15-12-19/h4-6,8-9,16,19H,7,10-15H2,1-3H3,(H,25,26,27). The molecular formula is C24H31N5OS. The van der Waals surface area contributed by atoms with Crippen molar-refractivity contribution < 1.29 is 4.79 Å². The molecule has 1 fully saturated rings. The van der Waals surface area contributed by atoms with Crippen LogP contribution in [-0.2, 0) is 6.42 Å². The van der Waals surface area contributed by atoms with Crippen molar-refractivity contribution in [2.45, 2.75) is 38.6 Å². The maximum atomic E-state index is 13.3. The van der Waals surface area contributed by atoms with Gasteiger partial charge in [-0.1, -0.05) is 30.3 Å². The lowest BCUT2D eigenvalue weighted by molar-refractivity contribution is 0.0664. The van der Waals surface area contributed by atoms with Crippen LogP contribution in [0, 0.1) is 6.92 Å². The van der Waals surface area contributed by atoms with E-state index in [2.05, 4.69) is 51.5 Å². The van der Waals surface area contributed by atoms with Crippen LogP contribution < -0.4 is 5.32 Å². The van der Waals surface area contributed by atoms with Crippen molar-refractivity contribution in [3.63, 3.8) is 0 Å². The molecule has 0 saturated carbocycles. The minimum Gasteiger partial charge on any atom is -0.369 e. The van der Waals surface area contributed by atoms with Crippen molar-refractivity contribution in [1.82, 2.24) is 19.8 Å². The molecule has 3 aromatic rings. The van der Waals surface area contributed by atoms with E-state index in [9.17, 15) is 4.79 Å². The molecule has 1 aliphatic rings. The molecule has 4 rings (SSSR count). The zero-order valence-corrected chi connectivity index (χ0v) is 19.4. The Morgan fingerprint density at radius 3 is 2.71 bits per heavy atom. The van der Waals surface area contributed by atoms with Gasteiger partial charge in [-0.05, 0) is 63.9 Å². The lowest BCUT2D eigenvalue weighted by Crippen LogP contribution is -2.44. The van der Waals surface area contributed by atoms with Crippen molar-refractivity contribution in [2.75, 3.05) is 39.0 Å². The van der Waals surface area contributed by atoms with Gasteiger partial charge in [0.25, 0.3) is 5.91 Å². The Kier molecular flexibility index (Phi) is 6.83. The van der Waals surface area contributed by atoms with E-state index in [0.717, 1.165) is 71.8 Å². The fourth-order valence-corrected chi connectivity index (χ4v) is 5.39. The quantitative estimate of drug-likeness (QED) is 0.561. The van der Waals surface area contributed by atoms with Crippen molar-refractivity contribution in [1.29, 1.82) is 0 Å². The molecular weight excluding hydrogens is 406 g/mol. The Morgan fingerprint density at radius 1 is 1.23 bits per heavy atom. The topological polar surface area (TPSA) is 61.4 Å². The van der Waals surface area contributed by atoms with Gasteiger partial charge in [-0.25, -0.2) is 9.97 Å². The molecule has 1 aromatic carbocycles. The third-order valence-electron chi connectivity index (χ3n) is 6.25. The summed E-state index contributed by atoms with van der Waals surface area (Å²) >= 11 is 1.48.